The maximum absolute atomic E-state index is 11.7. The highest BCUT2D eigenvalue weighted by Gasteiger charge is 2.22. The van der Waals surface area contributed by atoms with E-state index in [-0.39, 0.29) is 11.4 Å². The second-order valence-electron chi connectivity index (χ2n) is 5.57. The molecule has 0 fully saturated rings. The molecule has 0 amide bonds. The average molecular weight is 258 g/mol. The van der Waals surface area contributed by atoms with Gasteiger partial charge in [0.25, 0.3) is 0 Å². The van der Waals surface area contributed by atoms with Crippen LogP contribution in [0.4, 0.5) is 0 Å². The van der Waals surface area contributed by atoms with Gasteiger partial charge in [-0.25, -0.2) is 0 Å². The molecule has 3 nitrogen and oxygen atoms in total. The Kier molecular flexibility index (Phi) is 10.0. The fraction of sp³-hybridized carbons (Fsp3) is 0.933. The molecule has 0 bridgehead atoms. The fourth-order valence-electron chi connectivity index (χ4n) is 1.74. The summed E-state index contributed by atoms with van der Waals surface area (Å²) in [5.41, 5.74) is -0.0321. The van der Waals surface area contributed by atoms with Crippen LogP contribution in [0.15, 0.2) is 0 Å². The summed E-state index contributed by atoms with van der Waals surface area (Å²) in [5, 5.41) is 0. The van der Waals surface area contributed by atoms with Crippen LogP contribution in [0.25, 0.3) is 0 Å². The van der Waals surface area contributed by atoms with Crippen LogP contribution in [-0.4, -0.2) is 25.8 Å². The van der Waals surface area contributed by atoms with Crippen molar-refractivity contribution in [2.24, 2.45) is 5.41 Å². The van der Waals surface area contributed by atoms with E-state index >= 15 is 0 Å². The van der Waals surface area contributed by atoms with Gasteiger partial charge in [0.05, 0.1) is 13.0 Å². The summed E-state index contributed by atoms with van der Waals surface area (Å²) in [6.45, 7) is 10.4. The largest absolute Gasteiger partial charge is 0.466 e. The zero-order chi connectivity index (χ0) is 13.9. The number of hydrogen-bond donors (Lipinski definition) is 0. The quantitative estimate of drug-likeness (QED) is 0.416. The van der Waals surface area contributed by atoms with Crippen molar-refractivity contribution in [1.29, 1.82) is 0 Å². The SMILES string of the molecule is CCCCCCOC(=O)CC(C)(C)CCOCC. The highest BCUT2D eigenvalue weighted by atomic mass is 16.5. The van der Waals surface area contributed by atoms with Crippen LogP contribution in [0, 0.1) is 5.41 Å². The first-order chi connectivity index (χ1) is 8.52. The van der Waals surface area contributed by atoms with E-state index in [4.69, 9.17) is 9.47 Å². The number of unbranched alkanes of at least 4 members (excludes halogenated alkanes) is 3. The Labute approximate surface area is 112 Å². The van der Waals surface area contributed by atoms with Gasteiger partial charge in [0.15, 0.2) is 0 Å². The van der Waals surface area contributed by atoms with Gasteiger partial charge in [0.1, 0.15) is 0 Å². The summed E-state index contributed by atoms with van der Waals surface area (Å²) in [6, 6.07) is 0. The molecule has 0 rings (SSSR count). The minimum Gasteiger partial charge on any atom is -0.466 e. The minimum absolute atomic E-state index is 0.0321. The van der Waals surface area contributed by atoms with Crippen molar-refractivity contribution in [2.45, 2.75) is 66.2 Å². The van der Waals surface area contributed by atoms with Crippen LogP contribution in [0.3, 0.4) is 0 Å². The van der Waals surface area contributed by atoms with Crippen molar-refractivity contribution in [3.63, 3.8) is 0 Å². The molecule has 3 heteroatoms. The molecular weight excluding hydrogens is 228 g/mol. The maximum Gasteiger partial charge on any atom is 0.306 e. The van der Waals surface area contributed by atoms with Gasteiger partial charge in [-0.3, -0.25) is 4.79 Å². The first kappa shape index (κ1) is 17.4. The molecule has 0 heterocycles. The zero-order valence-electron chi connectivity index (χ0n) is 12.6. The maximum atomic E-state index is 11.7. The molecule has 0 aromatic rings. The van der Waals surface area contributed by atoms with E-state index in [1.54, 1.807) is 0 Å². The smallest absolute Gasteiger partial charge is 0.306 e. The van der Waals surface area contributed by atoms with Gasteiger partial charge >= 0.3 is 5.97 Å². The van der Waals surface area contributed by atoms with Crippen LogP contribution in [0.2, 0.25) is 0 Å². The monoisotopic (exact) mass is 258 g/mol. The van der Waals surface area contributed by atoms with Crippen molar-refractivity contribution in [3.8, 4) is 0 Å². The summed E-state index contributed by atoms with van der Waals surface area (Å²) < 4.78 is 10.6. The number of carbonyl (C=O) groups excluding carboxylic acids is 1. The van der Waals surface area contributed by atoms with Gasteiger partial charge in [-0.15, -0.1) is 0 Å². The van der Waals surface area contributed by atoms with Crippen molar-refractivity contribution in [2.75, 3.05) is 19.8 Å². The van der Waals surface area contributed by atoms with Crippen molar-refractivity contribution in [1.82, 2.24) is 0 Å². The molecule has 0 aromatic carbocycles. The van der Waals surface area contributed by atoms with E-state index in [1.807, 2.05) is 6.92 Å². The average Bonchev–Trinajstić information content (AvgIpc) is 2.28. The Morgan fingerprint density at radius 3 is 2.39 bits per heavy atom. The standard InChI is InChI=1S/C15H30O3/c1-5-7-8-9-11-18-14(16)13-15(3,4)10-12-17-6-2/h5-13H2,1-4H3. The van der Waals surface area contributed by atoms with E-state index in [1.165, 1.54) is 12.8 Å². The molecule has 0 aromatic heterocycles. The Hall–Kier alpha value is -0.570. The highest BCUT2D eigenvalue weighted by Crippen LogP contribution is 2.25. The van der Waals surface area contributed by atoms with E-state index in [2.05, 4.69) is 20.8 Å². The van der Waals surface area contributed by atoms with Gasteiger partial charge in [-0.2, -0.15) is 0 Å². The van der Waals surface area contributed by atoms with Crippen molar-refractivity contribution < 1.29 is 14.3 Å². The predicted octanol–water partition coefficient (Wildman–Crippen LogP) is 3.95. The predicted molar refractivity (Wildman–Crippen MR) is 74.6 cm³/mol. The zero-order valence-corrected chi connectivity index (χ0v) is 12.6. The fourth-order valence-corrected chi connectivity index (χ4v) is 1.74. The highest BCUT2D eigenvalue weighted by molar-refractivity contribution is 5.70. The van der Waals surface area contributed by atoms with Gasteiger partial charge in [0, 0.05) is 13.2 Å². The first-order valence-corrected chi connectivity index (χ1v) is 7.25. The number of carbonyl (C=O) groups is 1. The summed E-state index contributed by atoms with van der Waals surface area (Å²) in [7, 11) is 0. The molecule has 18 heavy (non-hydrogen) atoms. The normalized spacial score (nSPS) is 11.6. The molecule has 0 spiro atoms. The molecular formula is C15H30O3. The molecule has 0 N–H and O–H groups in total. The molecule has 0 atom stereocenters. The van der Waals surface area contributed by atoms with Gasteiger partial charge in [-0.1, -0.05) is 40.0 Å². The third-order valence-electron chi connectivity index (χ3n) is 3.01. The summed E-state index contributed by atoms with van der Waals surface area (Å²) in [5.74, 6) is -0.0759. The van der Waals surface area contributed by atoms with Gasteiger partial charge in [0.2, 0.25) is 0 Å². The minimum atomic E-state index is -0.0759. The lowest BCUT2D eigenvalue weighted by molar-refractivity contribution is -0.146. The molecule has 0 aliphatic heterocycles. The Balaban J connectivity index is 3.64. The lowest BCUT2D eigenvalue weighted by Crippen LogP contribution is -2.21. The lowest BCUT2D eigenvalue weighted by Gasteiger charge is -2.23. The van der Waals surface area contributed by atoms with Crippen LogP contribution >= 0.6 is 0 Å². The molecule has 0 radical (unpaired) electrons. The number of hydrogen-bond acceptors (Lipinski definition) is 3. The molecule has 108 valence electrons. The van der Waals surface area contributed by atoms with Gasteiger partial charge in [-0.05, 0) is 25.2 Å². The molecule has 0 unspecified atom stereocenters. The van der Waals surface area contributed by atoms with Crippen molar-refractivity contribution in [3.05, 3.63) is 0 Å². The molecule has 0 saturated carbocycles. The topological polar surface area (TPSA) is 35.5 Å². The second kappa shape index (κ2) is 10.4. The first-order valence-electron chi connectivity index (χ1n) is 7.25. The Bertz CT molecular complexity index is 212. The van der Waals surface area contributed by atoms with E-state index in [0.717, 1.165) is 25.9 Å². The third-order valence-corrected chi connectivity index (χ3v) is 3.01. The summed E-state index contributed by atoms with van der Waals surface area (Å²) >= 11 is 0. The van der Waals surface area contributed by atoms with Crippen LogP contribution < -0.4 is 0 Å². The Morgan fingerprint density at radius 2 is 1.78 bits per heavy atom. The van der Waals surface area contributed by atoms with E-state index in [9.17, 15) is 4.79 Å². The number of rotatable bonds is 11. The molecule has 0 aliphatic carbocycles. The van der Waals surface area contributed by atoms with Gasteiger partial charge < -0.3 is 9.47 Å². The number of esters is 1. The molecule has 0 saturated heterocycles. The third kappa shape index (κ3) is 10.6. The Morgan fingerprint density at radius 1 is 1.06 bits per heavy atom. The van der Waals surface area contributed by atoms with Crippen LogP contribution in [0.1, 0.15) is 66.2 Å². The summed E-state index contributed by atoms with van der Waals surface area (Å²) in [6.07, 6.45) is 5.94. The van der Waals surface area contributed by atoms with Crippen molar-refractivity contribution >= 4 is 5.97 Å². The van der Waals surface area contributed by atoms with E-state index < -0.39 is 0 Å². The number of ether oxygens (including phenoxy) is 2. The second-order valence-corrected chi connectivity index (χ2v) is 5.57. The lowest BCUT2D eigenvalue weighted by atomic mass is 9.86. The van der Waals surface area contributed by atoms with Crippen LogP contribution in [-0.2, 0) is 14.3 Å². The van der Waals surface area contributed by atoms with E-state index in [0.29, 0.717) is 19.6 Å². The van der Waals surface area contributed by atoms with Crippen LogP contribution in [0.5, 0.6) is 0 Å². The summed E-state index contributed by atoms with van der Waals surface area (Å²) in [4.78, 5) is 11.7. The molecule has 0 aliphatic rings.